The number of carbonyl (C=O) groups excluding carboxylic acids is 3. The number of quaternary nitrogens is 1. The molecule has 5 N–H and O–H groups in total. The first kappa shape index (κ1) is 13.4. The lowest BCUT2D eigenvalue weighted by molar-refractivity contribution is -0.398. The third kappa shape index (κ3) is 5.63. The second-order valence-corrected chi connectivity index (χ2v) is 3.22. The van der Waals surface area contributed by atoms with Crippen LogP contribution < -0.4 is 21.5 Å². The van der Waals surface area contributed by atoms with Gasteiger partial charge in [0, 0.05) is 0 Å². The van der Waals surface area contributed by atoms with Crippen molar-refractivity contribution in [3.8, 4) is 0 Å². The van der Waals surface area contributed by atoms with Crippen molar-refractivity contribution in [1.82, 2.24) is 10.6 Å². The van der Waals surface area contributed by atoms with Crippen LogP contribution in [0.25, 0.3) is 0 Å². The van der Waals surface area contributed by atoms with Gasteiger partial charge >= 0.3 is 0 Å². The van der Waals surface area contributed by atoms with Gasteiger partial charge in [-0.25, -0.2) is 0 Å². The lowest BCUT2D eigenvalue weighted by atomic mass is 10.2. The Morgan fingerprint density at radius 2 is 1.80 bits per heavy atom. The predicted octanol–water partition coefficient (Wildman–Crippen LogP) is -4.01. The van der Waals surface area contributed by atoms with Gasteiger partial charge in [0.05, 0.1) is 12.5 Å². The van der Waals surface area contributed by atoms with Crippen LogP contribution in [0.15, 0.2) is 0 Å². The van der Waals surface area contributed by atoms with Crippen LogP contribution in [-0.2, 0) is 14.4 Å². The summed E-state index contributed by atoms with van der Waals surface area (Å²) in [5.41, 5.74) is 3.48. The molecule has 2 atom stereocenters. The molecule has 0 aliphatic heterocycles. The Bertz CT molecular complexity index is 265. The maximum atomic E-state index is 11.2. The summed E-state index contributed by atoms with van der Waals surface area (Å²) in [5.74, 6) is -2.33. The first-order chi connectivity index (χ1) is 6.84. The van der Waals surface area contributed by atoms with E-state index in [4.69, 9.17) is 0 Å². The van der Waals surface area contributed by atoms with Gasteiger partial charge in [0.1, 0.15) is 6.04 Å². The normalized spacial score (nSPS) is 13.8. The highest BCUT2D eigenvalue weighted by Gasteiger charge is 2.18. The summed E-state index contributed by atoms with van der Waals surface area (Å²) < 4.78 is 0. The molecule has 0 saturated heterocycles. The fourth-order valence-electron chi connectivity index (χ4n) is 0.734. The minimum Gasteiger partial charge on any atom is -0.548 e. The summed E-state index contributed by atoms with van der Waals surface area (Å²) in [5, 5.41) is 14.5. The van der Waals surface area contributed by atoms with Gasteiger partial charge in [-0.2, -0.15) is 0 Å². The van der Waals surface area contributed by atoms with Crippen molar-refractivity contribution in [3.63, 3.8) is 0 Å². The topological polar surface area (TPSA) is 126 Å². The standard InChI is InChI=1S/C8H15N3O4/c1-4(9)7(14)11-5(2)8(15)10-3-6(12)13/h4-5H,3,9H2,1-2H3,(H,10,15)(H,11,14)(H,12,13)/t4-,5-/m0/s1. The molecule has 0 aliphatic rings. The van der Waals surface area contributed by atoms with Crippen LogP contribution in [0, 0.1) is 0 Å². The SMILES string of the molecule is C[C@H]([NH3+])C(=O)N[C@@H](C)C(=O)NCC(=O)[O-]. The van der Waals surface area contributed by atoms with E-state index in [0.717, 1.165) is 0 Å². The predicted molar refractivity (Wildman–Crippen MR) is 48.0 cm³/mol. The van der Waals surface area contributed by atoms with Gasteiger partial charge in [0.2, 0.25) is 5.91 Å². The maximum Gasteiger partial charge on any atom is 0.278 e. The van der Waals surface area contributed by atoms with Crippen LogP contribution in [0.1, 0.15) is 13.8 Å². The van der Waals surface area contributed by atoms with Crippen LogP contribution in [0.3, 0.4) is 0 Å². The number of amides is 2. The Morgan fingerprint density at radius 3 is 2.20 bits per heavy atom. The van der Waals surface area contributed by atoms with Gasteiger partial charge < -0.3 is 26.3 Å². The monoisotopic (exact) mass is 217 g/mol. The lowest BCUT2D eigenvalue weighted by Gasteiger charge is -2.14. The number of carboxylic acid groups (broad SMARTS) is 1. The van der Waals surface area contributed by atoms with Crippen LogP contribution in [-0.4, -0.2) is 36.4 Å². The maximum absolute atomic E-state index is 11.2. The Labute approximate surface area is 87.0 Å². The molecule has 0 spiro atoms. The molecule has 0 unspecified atom stereocenters. The number of aliphatic carboxylic acids is 1. The molecule has 15 heavy (non-hydrogen) atoms. The van der Waals surface area contributed by atoms with Crippen molar-refractivity contribution in [3.05, 3.63) is 0 Å². The third-order valence-corrected chi connectivity index (χ3v) is 1.61. The van der Waals surface area contributed by atoms with Crippen LogP contribution in [0.5, 0.6) is 0 Å². The van der Waals surface area contributed by atoms with Crippen LogP contribution in [0.4, 0.5) is 0 Å². The smallest absolute Gasteiger partial charge is 0.278 e. The Morgan fingerprint density at radius 1 is 1.27 bits per heavy atom. The fraction of sp³-hybridized carbons (Fsp3) is 0.625. The first-order valence-corrected chi connectivity index (χ1v) is 4.45. The number of hydrogen-bond acceptors (Lipinski definition) is 4. The van der Waals surface area contributed by atoms with E-state index in [0.29, 0.717) is 0 Å². The molecule has 0 aromatic heterocycles. The molecule has 0 saturated carbocycles. The van der Waals surface area contributed by atoms with E-state index in [1.165, 1.54) is 6.92 Å². The van der Waals surface area contributed by atoms with Gasteiger partial charge in [-0.05, 0) is 13.8 Å². The van der Waals surface area contributed by atoms with E-state index in [-0.39, 0.29) is 5.91 Å². The first-order valence-electron chi connectivity index (χ1n) is 4.45. The molecule has 2 amide bonds. The molecule has 0 rings (SSSR count). The van der Waals surface area contributed by atoms with E-state index >= 15 is 0 Å². The zero-order valence-corrected chi connectivity index (χ0v) is 8.70. The molecular weight excluding hydrogens is 202 g/mol. The molecule has 0 bridgehead atoms. The van der Waals surface area contributed by atoms with Crippen molar-refractivity contribution in [2.75, 3.05) is 6.54 Å². The Balaban J connectivity index is 3.99. The van der Waals surface area contributed by atoms with E-state index in [2.05, 4.69) is 16.4 Å². The zero-order chi connectivity index (χ0) is 12.0. The molecule has 0 fully saturated rings. The molecule has 0 radical (unpaired) electrons. The van der Waals surface area contributed by atoms with E-state index in [1.807, 2.05) is 0 Å². The minimum atomic E-state index is -1.38. The molecular formula is C8H15N3O4. The highest BCUT2D eigenvalue weighted by molar-refractivity contribution is 5.89. The Hall–Kier alpha value is -1.63. The van der Waals surface area contributed by atoms with Crippen molar-refractivity contribution in [1.29, 1.82) is 0 Å². The molecule has 86 valence electrons. The molecule has 7 heteroatoms. The van der Waals surface area contributed by atoms with Crippen LogP contribution in [0.2, 0.25) is 0 Å². The minimum absolute atomic E-state index is 0.369. The number of carbonyl (C=O) groups is 3. The average molecular weight is 217 g/mol. The summed E-state index contributed by atoms with van der Waals surface area (Å²) in [4.78, 5) is 32.3. The molecule has 0 aliphatic carbocycles. The molecule has 7 nitrogen and oxygen atoms in total. The van der Waals surface area contributed by atoms with Crippen molar-refractivity contribution in [2.24, 2.45) is 0 Å². The average Bonchev–Trinajstić information content (AvgIpc) is 2.13. The number of carboxylic acids is 1. The van der Waals surface area contributed by atoms with Gasteiger partial charge in [0.15, 0.2) is 6.04 Å². The van der Waals surface area contributed by atoms with E-state index < -0.39 is 30.5 Å². The largest absolute Gasteiger partial charge is 0.548 e. The van der Waals surface area contributed by atoms with Crippen molar-refractivity contribution in [2.45, 2.75) is 25.9 Å². The Kier molecular flexibility index (Phi) is 5.32. The van der Waals surface area contributed by atoms with Crippen molar-refractivity contribution >= 4 is 17.8 Å². The molecule has 0 aromatic carbocycles. The molecule has 0 heterocycles. The highest BCUT2D eigenvalue weighted by Crippen LogP contribution is 1.83. The third-order valence-electron chi connectivity index (χ3n) is 1.61. The van der Waals surface area contributed by atoms with E-state index in [1.54, 1.807) is 6.92 Å². The second-order valence-electron chi connectivity index (χ2n) is 3.22. The summed E-state index contributed by atoms with van der Waals surface area (Å²) in [7, 11) is 0. The molecule has 0 aromatic rings. The lowest BCUT2D eigenvalue weighted by Crippen LogP contribution is -2.67. The van der Waals surface area contributed by atoms with Crippen molar-refractivity contribution < 1.29 is 25.2 Å². The number of nitrogens with one attached hydrogen (secondary N) is 2. The van der Waals surface area contributed by atoms with E-state index in [9.17, 15) is 19.5 Å². The number of rotatable bonds is 5. The van der Waals surface area contributed by atoms with Gasteiger partial charge in [-0.1, -0.05) is 0 Å². The van der Waals surface area contributed by atoms with Gasteiger partial charge in [-0.3, -0.25) is 9.59 Å². The summed E-state index contributed by atoms with van der Waals surface area (Å²) in [6, 6.07) is -1.26. The van der Waals surface area contributed by atoms with Gasteiger partial charge in [-0.15, -0.1) is 0 Å². The second kappa shape index (κ2) is 5.97. The summed E-state index contributed by atoms with van der Waals surface area (Å²) in [6.07, 6.45) is 0. The van der Waals surface area contributed by atoms with Crippen LogP contribution >= 0.6 is 0 Å². The summed E-state index contributed by atoms with van der Waals surface area (Å²) >= 11 is 0. The zero-order valence-electron chi connectivity index (χ0n) is 8.70. The summed E-state index contributed by atoms with van der Waals surface area (Å²) in [6.45, 7) is 2.46. The fourth-order valence-corrected chi connectivity index (χ4v) is 0.734. The quantitative estimate of drug-likeness (QED) is 0.433. The highest BCUT2D eigenvalue weighted by atomic mass is 16.4. The van der Waals surface area contributed by atoms with Gasteiger partial charge in [0.25, 0.3) is 5.91 Å². The number of hydrogen-bond donors (Lipinski definition) is 3.